The molecule has 0 heterocycles. The van der Waals surface area contributed by atoms with Crippen LogP contribution in [0.25, 0.3) is 0 Å². The van der Waals surface area contributed by atoms with E-state index in [-0.39, 0.29) is 0 Å². The van der Waals surface area contributed by atoms with Crippen molar-refractivity contribution in [1.29, 1.82) is 0 Å². The average molecular weight is 297 g/mol. The zero-order chi connectivity index (χ0) is 16.3. The van der Waals surface area contributed by atoms with Gasteiger partial charge in [0.2, 0.25) is 0 Å². The van der Waals surface area contributed by atoms with Gasteiger partial charge in [0.05, 0.1) is 0 Å². The predicted molar refractivity (Wildman–Crippen MR) is 98.7 cm³/mol. The molecule has 0 aliphatic rings. The molecule has 0 aliphatic heterocycles. The van der Waals surface area contributed by atoms with Crippen molar-refractivity contribution in [2.75, 3.05) is 0 Å². The van der Waals surface area contributed by atoms with Crippen LogP contribution in [0.1, 0.15) is 106 Å². The van der Waals surface area contributed by atoms with Crippen LogP contribution in [0.5, 0.6) is 0 Å². The first-order valence-electron chi connectivity index (χ1n) is 9.97. The van der Waals surface area contributed by atoms with Crippen molar-refractivity contribution in [3.8, 4) is 0 Å². The maximum absolute atomic E-state index is 2.51. The smallest absolute Gasteiger partial charge is 0.0389 e. The van der Waals surface area contributed by atoms with E-state index in [2.05, 4.69) is 48.5 Å². The van der Waals surface area contributed by atoms with Gasteiger partial charge in [-0.15, -0.1) is 0 Å². The van der Waals surface area contributed by atoms with Gasteiger partial charge in [0.25, 0.3) is 0 Å². The molecule has 0 bridgehead atoms. The van der Waals surface area contributed by atoms with E-state index in [0.717, 1.165) is 29.6 Å². The van der Waals surface area contributed by atoms with Crippen molar-refractivity contribution < 1.29 is 0 Å². The van der Waals surface area contributed by atoms with Crippen LogP contribution in [0.2, 0.25) is 0 Å². The Kier molecular flexibility index (Phi) is 12.5. The van der Waals surface area contributed by atoms with E-state index in [9.17, 15) is 0 Å². The van der Waals surface area contributed by atoms with E-state index in [4.69, 9.17) is 0 Å². The molecule has 0 aromatic heterocycles. The van der Waals surface area contributed by atoms with Crippen molar-refractivity contribution >= 4 is 0 Å². The van der Waals surface area contributed by atoms with Gasteiger partial charge in [-0.3, -0.25) is 0 Å². The fourth-order valence-electron chi connectivity index (χ4n) is 3.65. The van der Waals surface area contributed by atoms with Gasteiger partial charge in [0.15, 0.2) is 0 Å². The summed E-state index contributed by atoms with van der Waals surface area (Å²) >= 11 is 0. The molecule has 0 fully saturated rings. The second-order valence-corrected chi connectivity index (χ2v) is 7.79. The third-order valence-corrected chi connectivity index (χ3v) is 6.28. The summed E-state index contributed by atoms with van der Waals surface area (Å²) in [4.78, 5) is 0. The van der Waals surface area contributed by atoms with Crippen LogP contribution >= 0.6 is 0 Å². The topological polar surface area (TPSA) is 0 Å². The molecule has 0 aliphatic carbocycles. The molecule has 0 aromatic carbocycles. The summed E-state index contributed by atoms with van der Waals surface area (Å²) in [5.41, 5.74) is 0. The highest BCUT2D eigenvalue weighted by molar-refractivity contribution is 4.71. The fraction of sp³-hybridized carbons (Fsp3) is 1.00. The lowest BCUT2D eigenvalue weighted by Gasteiger charge is -2.28. The van der Waals surface area contributed by atoms with Crippen LogP contribution in [0.3, 0.4) is 0 Å². The highest BCUT2D eigenvalue weighted by atomic mass is 14.3. The summed E-state index contributed by atoms with van der Waals surface area (Å²) in [5, 5.41) is 0. The van der Waals surface area contributed by atoms with Gasteiger partial charge in [-0.2, -0.15) is 0 Å². The summed E-state index contributed by atoms with van der Waals surface area (Å²) in [7, 11) is 0. The van der Waals surface area contributed by atoms with E-state index >= 15 is 0 Å². The average Bonchev–Trinajstić information content (AvgIpc) is 2.50. The van der Waals surface area contributed by atoms with Crippen LogP contribution in [0.15, 0.2) is 0 Å². The maximum Gasteiger partial charge on any atom is -0.0389 e. The largest absolute Gasteiger partial charge is 0.0654 e. The van der Waals surface area contributed by atoms with Crippen LogP contribution in [0.4, 0.5) is 0 Å². The standard InChI is InChI=1S/C21H44/c1-8-11-14-19(6)20(7)21(10-3)16-13-12-15-18(5)17(4)9-2/h17-21H,8-16H2,1-7H3. The zero-order valence-corrected chi connectivity index (χ0v) is 16.3. The molecule has 0 spiro atoms. The molecule has 5 atom stereocenters. The van der Waals surface area contributed by atoms with E-state index in [0.29, 0.717) is 0 Å². The molecule has 0 aromatic rings. The summed E-state index contributed by atoms with van der Waals surface area (Å²) < 4.78 is 0. The minimum absolute atomic E-state index is 0.903. The maximum atomic E-state index is 2.51. The molecule has 0 amide bonds. The minimum atomic E-state index is 0.903. The van der Waals surface area contributed by atoms with Gasteiger partial charge in [-0.25, -0.2) is 0 Å². The van der Waals surface area contributed by atoms with Crippen molar-refractivity contribution in [2.45, 2.75) is 106 Å². The quantitative estimate of drug-likeness (QED) is 0.305. The summed E-state index contributed by atoms with van der Waals surface area (Å²) in [6.07, 6.45) is 12.7. The van der Waals surface area contributed by atoms with Crippen LogP contribution in [-0.4, -0.2) is 0 Å². The predicted octanol–water partition coefficient (Wildman–Crippen LogP) is 7.72. The number of hydrogen-bond acceptors (Lipinski definition) is 0. The Labute approximate surface area is 136 Å². The van der Waals surface area contributed by atoms with Crippen molar-refractivity contribution in [3.63, 3.8) is 0 Å². The summed E-state index contributed by atoms with van der Waals surface area (Å²) in [6, 6.07) is 0. The van der Waals surface area contributed by atoms with Crippen LogP contribution in [-0.2, 0) is 0 Å². The SMILES string of the molecule is CCCCC(C)C(C)C(CC)CCCCC(C)C(C)CC. The Hall–Kier alpha value is 0. The molecule has 128 valence electrons. The second-order valence-electron chi connectivity index (χ2n) is 7.79. The highest BCUT2D eigenvalue weighted by Gasteiger charge is 2.20. The highest BCUT2D eigenvalue weighted by Crippen LogP contribution is 2.31. The van der Waals surface area contributed by atoms with Gasteiger partial charge >= 0.3 is 0 Å². The molecular formula is C21H44. The number of unbranched alkanes of at least 4 members (excludes halogenated alkanes) is 2. The third-order valence-electron chi connectivity index (χ3n) is 6.28. The van der Waals surface area contributed by atoms with Crippen LogP contribution < -0.4 is 0 Å². The van der Waals surface area contributed by atoms with E-state index in [1.54, 1.807) is 0 Å². The first-order chi connectivity index (χ1) is 9.97. The van der Waals surface area contributed by atoms with Gasteiger partial charge in [0, 0.05) is 0 Å². The molecule has 0 saturated carbocycles. The van der Waals surface area contributed by atoms with Gasteiger partial charge in [0.1, 0.15) is 0 Å². The lowest BCUT2D eigenvalue weighted by atomic mass is 9.77. The molecular weight excluding hydrogens is 252 g/mol. The first kappa shape index (κ1) is 21.0. The van der Waals surface area contributed by atoms with Crippen molar-refractivity contribution in [3.05, 3.63) is 0 Å². The fourth-order valence-corrected chi connectivity index (χ4v) is 3.65. The molecule has 5 unspecified atom stereocenters. The molecule has 0 nitrogen and oxygen atoms in total. The molecule has 0 radical (unpaired) electrons. The number of hydrogen-bond donors (Lipinski definition) is 0. The Bertz CT molecular complexity index is 220. The number of rotatable bonds is 13. The van der Waals surface area contributed by atoms with Gasteiger partial charge in [-0.1, -0.05) is 106 Å². The lowest BCUT2D eigenvalue weighted by Crippen LogP contribution is -2.19. The van der Waals surface area contributed by atoms with Crippen LogP contribution in [0, 0.1) is 29.6 Å². The summed E-state index contributed by atoms with van der Waals surface area (Å²) in [5.74, 6) is 4.59. The van der Waals surface area contributed by atoms with Gasteiger partial charge < -0.3 is 0 Å². The molecule has 0 rings (SSSR count). The van der Waals surface area contributed by atoms with E-state index < -0.39 is 0 Å². The van der Waals surface area contributed by atoms with Gasteiger partial charge in [-0.05, 0) is 29.6 Å². The zero-order valence-electron chi connectivity index (χ0n) is 16.3. The Morgan fingerprint density at radius 2 is 1.14 bits per heavy atom. The monoisotopic (exact) mass is 296 g/mol. The first-order valence-corrected chi connectivity index (χ1v) is 9.97. The molecule has 0 N–H and O–H groups in total. The lowest BCUT2D eigenvalue weighted by molar-refractivity contribution is 0.221. The Morgan fingerprint density at radius 3 is 1.67 bits per heavy atom. The third kappa shape index (κ3) is 8.89. The molecule has 0 saturated heterocycles. The molecule has 21 heavy (non-hydrogen) atoms. The molecule has 0 heteroatoms. The second kappa shape index (κ2) is 12.5. The summed E-state index contributed by atoms with van der Waals surface area (Å²) in [6.45, 7) is 16.9. The Balaban J connectivity index is 3.98. The minimum Gasteiger partial charge on any atom is -0.0654 e. The van der Waals surface area contributed by atoms with Crippen molar-refractivity contribution in [2.24, 2.45) is 29.6 Å². The normalized spacial score (nSPS) is 19.0. The Morgan fingerprint density at radius 1 is 0.571 bits per heavy atom. The van der Waals surface area contributed by atoms with E-state index in [1.807, 2.05) is 0 Å². The van der Waals surface area contributed by atoms with Crippen molar-refractivity contribution in [1.82, 2.24) is 0 Å². The van der Waals surface area contributed by atoms with E-state index in [1.165, 1.54) is 57.8 Å².